The Hall–Kier alpha value is -4.43. The van der Waals surface area contributed by atoms with Crippen molar-refractivity contribution < 1.29 is 27.0 Å². The van der Waals surface area contributed by atoms with Gasteiger partial charge in [-0.15, -0.1) is 11.3 Å². The maximum Gasteiger partial charge on any atom is 0.180 e. The minimum atomic E-state index is -3.36. The number of sulfone groups is 1. The number of ether oxygens (including phenoxy) is 3. The van der Waals surface area contributed by atoms with E-state index >= 15 is 0 Å². The fourth-order valence-electron chi connectivity index (χ4n) is 5.06. The van der Waals surface area contributed by atoms with Crippen LogP contribution in [0, 0.1) is 5.82 Å². The first-order valence-corrected chi connectivity index (χ1v) is 18.7. The molecule has 252 valence electrons. The van der Waals surface area contributed by atoms with Crippen molar-refractivity contribution in [1.82, 2.24) is 15.0 Å². The van der Waals surface area contributed by atoms with Gasteiger partial charge >= 0.3 is 0 Å². The van der Waals surface area contributed by atoms with Gasteiger partial charge in [-0.05, 0) is 76.4 Å². The molecular weight excluding hydrogens is 731 g/mol. The van der Waals surface area contributed by atoms with Gasteiger partial charge in [0.2, 0.25) is 0 Å². The number of fused-ring (bicyclic) bond motifs is 1. The fraction of sp³-hybridized carbons (Fsp3) is 0.194. The predicted octanol–water partition coefficient (Wildman–Crippen LogP) is 8.41. The Morgan fingerprint density at radius 3 is 2.59 bits per heavy atom. The summed E-state index contributed by atoms with van der Waals surface area (Å²) in [4.78, 5) is 14.1. The molecule has 1 N–H and O–H groups in total. The number of rotatable bonds is 15. The summed E-state index contributed by atoms with van der Waals surface area (Å²) >= 11 is 5.13. The zero-order valence-corrected chi connectivity index (χ0v) is 29.7. The quantitative estimate of drug-likeness (QED) is 0.103. The van der Waals surface area contributed by atoms with Crippen LogP contribution < -0.4 is 14.8 Å². The van der Waals surface area contributed by atoms with Crippen molar-refractivity contribution >= 4 is 59.5 Å². The molecule has 6 rings (SSSR count). The maximum atomic E-state index is 13.5. The van der Waals surface area contributed by atoms with E-state index in [1.807, 2.05) is 41.8 Å². The number of methoxy groups -OCH3 is 1. The Bertz CT molecular complexity index is 2170. The van der Waals surface area contributed by atoms with Gasteiger partial charge in [0.15, 0.2) is 9.84 Å². The average Bonchev–Trinajstić information content (AvgIpc) is 3.58. The van der Waals surface area contributed by atoms with E-state index in [2.05, 4.69) is 31.2 Å². The van der Waals surface area contributed by atoms with E-state index in [0.29, 0.717) is 47.2 Å². The standard InChI is InChI=1S/C36H32BrFN4O5S2/c1-45-34-20-31-29(36(40-23-39-31)41-26-12-13-33(30(37)18-26)47-21-24-7-5-8-25(38)17-24)19-28(34)32-22-48-35(42-32)11-6-14-46-15-16-49(43,44)27-9-3-2-4-10-27/h2-5,7-10,12-13,17-20,22-23H,6,11,14-16,21H2,1H3,(H,39,40,41). The third kappa shape index (κ3) is 8.79. The highest BCUT2D eigenvalue weighted by atomic mass is 79.9. The van der Waals surface area contributed by atoms with Crippen LogP contribution in [0.4, 0.5) is 15.9 Å². The van der Waals surface area contributed by atoms with Crippen molar-refractivity contribution in [1.29, 1.82) is 0 Å². The molecule has 0 amide bonds. The van der Waals surface area contributed by atoms with Gasteiger partial charge in [0.1, 0.15) is 36.1 Å². The smallest absolute Gasteiger partial charge is 0.180 e. The Labute approximate surface area is 296 Å². The summed E-state index contributed by atoms with van der Waals surface area (Å²) in [6.07, 6.45) is 2.90. The van der Waals surface area contributed by atoms with E-state index in [1.54, 1.807) is 54.8 Å². The molecular formula is C36H32BrFN4O5S2. The van der Waals surface area contributed by atoms with E-state index in [0.717, 1.165) is 37.4 Å². The van der Waals surface area contributed by atoms with E-state index in [-0.39, 0.29) is 24.8 Å². The highest BCUT2D eigenvalue weighted by Gasteiger charge is 2.16. The average molecular weight is 764 g/mol. The van der Waals surface area contributed by atoms with Gasteiger partial charge in [0.25, 0.3) is 0 Å². The van der Waals surface area contributed by atoms with Crippen LogP contribution in [-0.2, 0) is 27.6 Å². The minimum Gasteiger partial charge on any atom is -0.496 e. The molecule has 49 heavy (non-hydrogen) atoms. The summed E-state index contributed by atoms with van der Waals surface area (Å²) in [5.74, 6) is 1.50. The van der Waals surface area contributed by atoms with Crippen LogP contribution >= 0.6 is 27.3 Å². The number of nitrogens with zero attached hydrogens (tertiary/aromatic N) is 3. The van der Waals surface area contributed by atoms with Crippen molar-refractivity contribution in [3.8, 4) is 22.8 Å². The zero-order valence-electron chi connectivity index (χ0n) is 26.4. The summed E-state index contributed by atoms with van der Waals surface area (Å²) in [7, 11) is -1.75. The van der Waals surface area contributed by atoms with E-state index < -0.39 is 9.84 Å². The second-order valence-electron chi connectivity index (χ2n) is 11.0. The Balaban J connectivity index is 1.10. The van der Waals surface area contributed by atoms with Gasteiger partial charge in [-0.25, -0.2) is 27.8 Å². The third-order valence-corrected chi connectivity index (χ3v) is 10.8. The van der Waals surface area contributed by atoms with Gasteiger partial charge < -0.3 is 19.5 Å². The molecule has 0 bridgehead atoms. The van der Waals surface area contributed by atoms with Crippen molar-refractivity contribution in [3.05, 3.63) is 117 Å². The summed E-state index contributed by atoms with van der Waals surface area (Å²) in [6.45, 7) is 0.803. The molecule has 0 aliphatic rings. The Morgan fingerprint density at radius 1 is 0.939 bits per heavy atom. The van der Waals surface area contributed by atoms with Crippen LogP contribution in [-0.4, -0.2) is 49.4 Å². The van der Waals surface area contributed by atoms with Crippen LogP contribution in [0.1, 0.15) is 17.0 Å². The molecule has 0 fully saturated rings. The van der Waals surface area contributed by atoms with E-state index in [9.17, 15) is 12.8 Å². The minimum absolute atomic E-state index is 0.0598. The molecule has 0 spiro atoms. The summed E-state index contributed by atoms with van der Waals surface area (Å²) in [5, 5.41) is 7.09. The number of hydrogen-bond acceptors (Lipinski definition) is 10. The van der Waals surface area contributed by atoms with Gasteiger partial charge in [0, 0.05) is 41.1 Å². The molecule has 0 unspecified atom stereocenters. The highest BCUT2D eigenvalue weighted by molar-refractivity contribution is 9.10. The van der Waals surface area contributed by atoms with E-state index in [1.165, 1.54) is 18.5 Å². The Morgan fingerprint density at radius 2 is 1.80 bits per heavy atom. The molecule has 0 aliphatic carbocycles. The fourth-order valence-corrected chi connectivity index (χ4v) is 7.54. The van der Waals surface area contributed by atoms with Crippen LogP contribution in [0.2, 0.25) is 0 Å². The summed E-state index contributed by atoms with van der Waals surface area (Å²) in [6, 6.07) is 24.1. The lowest BCUT2D eigenvalue weighted by molar-refractivity contribution is 0.146. The maximum absolute atomic E-state index is 13.5. The van der Waals surface area contributed by atoms with Crippen molar-refractivity contribution in [2.24, 2.45) is 0 Å². The first-order chi connectivity index (χ1) is 23.8. The molecule has 0 aliphatic heterocycles. The van der Waals surface area contributed by atoms with Gasteiger partial charge in [-0.1, -0.05) is 30.3 Å². The van der Waals surface area contributed by atoms with Crippen molar-refractivity contribution in [3.63, 3.8) is 0 Å². The molecule has 0 radical (unpaired) electrons. The van der Waals surface area contributed by atoms with Crippen LogP contribution in [0.3, 0.4) is 0 Å². The van der Waals surface area contributed by atoms with Crippen molar-refractivity contribution in [2.45, 2.75) is 24.3 Å². The van der Waals surface area contributed by atoms with Gasteiger partial charge in [-0.3, -0.25) is 0 Å². The van der Waals surface area contributed by atoms with E-state index in [4.69, 9.17) is 19.2 Å². The topological polar surface area (TPSA) is 113 Å². The second kappa shape index (κ2) is 15.9. The first kappa shape index (κ1) is 34.4. The molecule has 13 heteroatoms. The molecule has 0 saturated carbocycles. The van der Waals surface area contributed by atoms with Crippen LogP contribution in [0.25, 0.3) is 22.2 Å². The number of benzene rings is 4. The number of hydrogen-bond donors (Lipinski definition) is 1. The second-order valence-corrected chi connectivity index (χ2v) is 14.9. The molecule has 4 aromatic carbocycles. The molecule has 6 aromatic rings. The van der Waals surface area contributed by atoms with Gasteiger partial charge in [-0.2, -0.15) is 0 Å². The van der Waals surface area contributed by atoms with Gasteiger partial charge in [0.05, 0.1) is 45.1 Å². The molecule has 0 saturated heterocycles. The van der Waals surface area contributed by atoms with Crippen molar-refractivity contribution in [2.75, 3.05) is 31.4 Å². The monoisotopic (exact) mass is 762 g/mol. The number of aromatic nitrogens is 3. The number of halogens is 2. The normalized spacial score (nSPS) is 11.5. The molecule has 2 heterocycles. The zero-order chi connectivity index (χ0) is 34.2. The highest BCUT2D eigenvalue weighted by Crippen LogP contribution is 2.37. The molecule has 9 nitrogen and oxygen atoms in total. The first-order valence-electron chi connectivity index (χ1n) is 15.4. The lowest BCUT2D eigenvalue weighted by Crippen LogP contribution is -2.13. The number of thiazole rings is 1. The predicted molar refractivity (Wildman–Crippen MR) is 193 cm³/mol. The Kier molecular flexibility index (Phi) is 11.1. The largest absolute Gasteiger partial charge is 0.496 e. The number of anilines is 2. The van der Waals surface area contributed by atoms with Crippen LogP contribution in [0.5, 0.6) is 11.5 Å². The lowest BCUT2D eigenvalue weighted by atomic mass is 10.1. The summed E-state index contributed by atoms with van der Waals surface area (Å²) < 4.78 is 56.4. The lowest BCUT2D eigenvalue weighted by Gasteiger charge is -2.13. The molecule has 0 atom stereocenters. The third-order valence-electron chi connectivity index (χ3n) is 7.54. The summed E-state index contributed by atoms with van der Waals surface area (Å²) in [5.41, 5.74) is 3.79. The number of nitrogens with one attached hydrogen (secondary N) is 1. The van der Waals surface area contributed by atoms with Crippen LogP contribution in [0.15, 0.2) is 106 Å². The SMILES string of the molecule is COc1cc2ncnc(Nc3ccc(OCc4cccc(F)c4)c(Br)c3)c2cc1-c1csc(CCCOCCS(=O)(=O)c2ccccc2)n1. The number of aryl methyl sites for hydroxylation is 1. The molecule has 2 aromatic heterocycles.